The summed E-state index contributed by atoms with van der Waals surface area (Å²) in [6, 6.07) is 11.4. The summed E-state index contributed by atoms with van der Waals surface area (Å²) in [6.07, 6.45) is 9.69. The number of ether oxygens (including phenoxy) is 12. The highest BCUT2D eigenvalue weighted by Crippen LogP contribution is 2.67. The second kappa shape index (κ2) is 59.7. The van der Waals surface area contributed by atoms with E-state index in [1.54, 1.807) is 10.8 Å². The van der Waals surface area contributed by atoms with E-state index in [9.17, 15) is 54.0 Å². The highest BCUT2D eigenvalue weighted by molar-refractivity contribution is 8.76. The highest BCUT2D eigenvalue weighted by atomic mass is 33.1. The molecular formula is C98H158N6O31S2. The topological polar surface area (TPSA) is 513 Å². The monoisotopic (exact) mass is 1980 g/mol. The Kier molecular flexibility index (Phi) is 52.4. The van der Waals surface area contributed by atoms with Gasteiger partial charge in [-0.1, -0.05) is 99.5 Å². The SMILES string of the molecule is CCC(CO)OC(CO)OC.CCC(CO)OC(COC(=O)CCC(=O)NCCCC(C)(C)SSC)OC.CCC(CO)OC(COC(=O)CCC(=O)O)OC.CCC(CO)OC(COC(=O)CCCC(=O)NC(C)C(=O)OCCCCC(=O)[C@]1(O)C2N(C)c3cc(C)c([C@@]4(C)C[C@@H]5CN(CCc6c4[nH]c4ccccc64)CC(O)(CC)C5)cc3C23CCN2CC=C[C@](CC)(C23)[C@H]1O)OC.O=C=O. The van der Waals surface area contributed by atoms with E-state index >= 15 is 4.79 Å². The quantitative estimate of drug-likeness (QED) is 0.00642. The molecule has 3 aromatic rings. The zero-order valence-electron chi connectivity index (χ0n) is 83.5. The van der Waals surface area contributed by atoms with Gasteiger partial charge in [0.25, 0.3) is 0 Å². The van der Waals surface area contributed by atoms with Crippen molar-refractivity contribution in [1.29, 1.82) is 0 Å². The molecule has 6 aliphatic rings. The molecule has 2 bridgehead atoms. The number of carboxylic acid groups (broad SMARTS) is 1. The third kappa shape index (κ3) is 33.7. The minimum Gasteiger partial charge on any atom is -0.481 e. The van der Waals surface area contributed by atoms with Gasteiger partial charge in [0.05, 0.1) is 95.0 Å². The number of nitrogens with zero attached hydrogens (tertiary/aromatic N) is 3. The summed E-state index contributed by atoms with van der Waals surface area (Å²) in [7, 11) is 11.2. The summed E-state index contributed by atoms with van der Waals surface area (Å²) in [6.45, 7) is 25.5. The Bertz CT molecular complexity index is 4240. The number of nitrogens with one attached hydrogen (secondary N) is 3. The van der Waals surface area contributed by atoms with Crippen molar-refractivity contribution >= 4 is 91.8 Å². The largest absolute Gasteiger partial charge is 0.481 e. The smallest absolute Gasteiger partial charge is 0.373 e. The number of piperidine rings is 1. The van der Waals surface area contributed by atoms with Crippen LogP contribution < -0.4 is 15.5 Å². The molecule has 778 valence electrons. The van der Waals surface area contributed by atoms with Crippen LogP contribution >= 0.6 is 21.6 Å². The van der Waals surface area contributed by atoms with E-state index in [1.807, 2.05) is 45.5 Å². The number of aryl methyl sites for hydroxylation is 1. The number of carbonyl (C=O) groups is 8. The van der Waals surface area contributed by atoms with Gasteiger partial charge in [0.15, 0.2) is 36.5 Å². The average Bonchev–Trinajstić information content (AvgIpc) is 1.48. The fourth-order valence-electron chi connectivity index (χ4n) is 19.6. The molecule has 3 fully saturated rings. The summed E-state index contributed by atoms with van der Waals surface area (Å²) < 4.78 is 62.2. The van der Waals surface area contributed by atoms with Crippen LogP contribution in [0.1, 0.15) is 232 Å². The van der Waals surface area contributed by atoms with Gasteiger partial charge in [0.2, 0.25) is 11.8 Å². The molecule has 19 atom stereocenters. The van der Waals surface area contributed by atoms with Gasteiger partial charge >= 0.3 is 36.0 Å². The lowest BCUT2D eigenvalue weighted by molar-refractivity contribution is -0.202. The van der Waals surface area contributed by atoms with E-state index in [2.05, 4.69) is 127 Å². The molecule has 5 aliphatic heterocycles. The Morgan fingerprint density at radius 2 is 1.20 bits per heavy atom. The maximum Gasteiger partial charge on any atom is 0.373 e. The Hall–Kier alpha value is -7.16. The fraction of sp³-hybridized carbons (Fsp3) is 0.745. The number of amides is 2. The number of aromatic nitrogens is 1. The van der Waals surface area contributed by atoms with Crippen LogP contribution in [0, 0.1) is 18.3 Å². The average molecular weight is 1980 g/mol. The van der Waals surface area contributed by atoms with E-state index < -0.39 is 118 Å². The van der Waals surface area contributed by atoms with Gasteiger partial charge in [0.1, 0.15) is 32.0 Å². The van der Waals surface area contributed by atoms with Crippen LogP contribution in [0.15, 0.2) is 48.6 Å². The van der Waals surface area contributed by atoms with E-state index in [0.717, 1.165) is 74.1 Å². The number of carbonyl (C=O) groups excluding carboxylic acids is 9. The first-order valence-corrected chi connectivity index (χ1v) is 50.5. The normalized spacial score (nSPS) is 24.2. The van der Waals surface area contributed by atoms with Gasteiger partial charge < -0.3 is 123 Å². The van der Waals surface area contributed by atoms with Crippen molar-refractivity contribution in [1.82, 2.24) is 25.4 Å². The Morgan fingerprint density at radius 3 is 1.72 bits per heavy atom. The van der Waals surface area contributed by atoms with Crippen molar-refractivity contribution in [3.8, 4) is 0 Å². The van der Waals surface area contributed by atoms with Crippen molar-refractivity contribution in [2.75, 3.05) is 145 Å². The van der Waals surface area contributed by atoms with Gasteiger partial charge in [-0.05, 0) is 184 Å². The molecule has 1 spiro atoms. The van der Waals surface area contributed by atoms with Crippen molar-refractivity contribution < 1.29 is 151 Å². The van der Waals surface area contributed by atoms with E-state index in [4.69, 9.17) is 92.0 Å². The molecule has 9 rings (SSSR count). The molecule has 0 radical (unpaired) electrons. The van der Waals surface area contributed by atoms with E-state index in [1.165, 1.54) is 57.6 Å². The number of likely N-dealkylation sites (N-methyl/N-ethyl adjacent to an activating group) is 1. The molecule has 2 amide bonds. The molecule has 1 aliphatic carbocycles. The number of unbranched alkanes of at least 4 members (excludes halogenated alkanes) is 1. The van der Waals surface area contributed by atoms with Crippen molar-refractivity contribution in [2.45, 2.75) is 318 Å². The number of benzene rings is 2. The lowest BCUT2D eigenvalue weighted by Crippen LogP contribution is -2.80. The number of aromatic amines is 1. The number of rotatable bonds is 54. The highest BCUT2D eigenvalue weighted by Gasteiger charge is 2.78. The number of Topliss-reactive ketones (excluding diaryl/α,β-unsaturated/α-hetero) is 1. The lowest BCUT2D eigenvalue weighted by atomic mass is 9.47. The van der Waals surface area contributed by atoms with Gasteiger partial charge in [-0.3, -0.25) is 43.4 Å². The molecule has 2 aromatic carbocycles. The molecule has 137 heavy (non-hydrogen) atoms. The number of aliphatic carboxylic acids is 1. The first-order valence-electron chi connectivity index (χ1n) is 48.0. The molecule has 6 heterocycles. The number of fused-ring (bicyclic) bond motifs is 6. The number of methoxy groups -OCH3 is 4. The van der Waals surface area contributed by atoms with Crippen LogP contribution in [0.2, 0.25) is 0 Å². The number of hydrogen-bond acceptors (Lipinski definition) is 35. The summed E-state index contributed by atoms with van der Waals surface area (Å²) in [5, 5.41) is 98.4. The Morgan fingerprint density at radius 1 is 0.650 bits per heavy atom. The van der Waals surface area contributed by atoms with Gasteiger partial charge in [-0.25, -0.2) is 4.79 Å². The van der Waals surface area contributed by atoms with Crippen LogP contribution in [0.5, 0.6) is 0 Å². The zero-order chi connectivity index (χ0) is 102. The number of aliphatic hydroxyl groups is 8. The molecule has 1 aromatic heterocycles. The number of esters is 4. The number of aliphatic hydroxyl groups excluding tert-OH is 6. The molecule has 2 saturated heterocycles. The number of hydrogen-bond donors (Lipinski definition) is 12. The van der Waals surface area contributed by atoms with Gasteiger partial charge in [-0.2, -0.15) is 9.59 Å². The van der Waals surface area contributed by atoms with Crippen molar-refractivity contribution in [3.63, 3.8) is 0 Å². The third-order valence-electron chi connectivity index (χ3n) is 26.7. The van der Waals surface area contributed by atoms with Crippen LogP contribution in [-0.2, 0) is 122 Å². The van der Waals surface area contributed by atoms with Crippen LogP contribution in [0.3, 0.4) is 0 Å². The molecule has 37 nitrogen and oxygen atoms in total. The van der Waals surface area contributed by atoms with Gasteiger partial charge in [0, 0.05) is 143 Å². The summed E-state index contributed by atoms with van der Waals surface area (Å²) in [5.41, 5.74) is 2.93. The molecule has 12 N–H and O–H groups in total. The molecular weight excluding hydrogens is 1820 g/mol. The molecule has 39 heteroatoms. The minimum absolute atomic E-state index is 0.00724. The first kappa shape index (κ1) is 120. The zero-order valence-corrected chi connectivity index (χ0v) is 85.1. The van der Waals surface area contributed by atoms with Crippen molar-refractivity contribution in [2.24, 2.45) is 11.3 Å². The number of para-hydroxylation sites is 1. The first-order chi connectivity index (χ1) is 65.3. The summed E-state index contributed by atoms with van der Waals surface area (Å²) >= 11 is 0. The maximum absolute atomic E-state index is 15.2. The van der Waals surface area contributed by atoms with Crippen LogP contribution in [-0.4, -0.2) is 345 Å². The van der Waals surface area contributed by atoms with E-state index in [-0.39, 0.29) is 164 Å². The second-order valence-electron chi connectivity index (χ2n) is 36.6. The molecule has 1 saturated carbocycles. The molecule has 14 unspecified atom stereocenters. The number of anilines is 1. The minimum atomic E-state index is -2.17. The number of carboxylic acids is 1. The fourth-order valence-corrected chi connectivity index (χ4v) is 21.8. The predicted octanol–water partition coefficient (Wildman–Crippen LogP) is 7.72. The summed E-state index contributed by atoms with van der Waals surface area (Å²) in [4.78, 5) is 125. The predicted molar refractivity (Wildman–Crippen MR) is 513 cm³/mol. The third-order valence-corrected chi connectivity index (χ3v) is 29.4. The van der Waals surface area contributed by atoms with Gasteiger partial charge in [-0.15, -0.1) is 0 Å². The lowest BCUT2D eigenvalue weighted by Gasteiger charge is -2.63. The number of ketones is 1. The Labute approximate surface area is 814 Å². The van der Waals surface area contributed by atoms with E-state index in [0.29, 0.717) is 71.0 Å². The summed E-state index contributed by atoms with van der Waals surface area (Å²) in [5.74, 6) is -4.16. The van der Waals surface area contributed by atoms with Crippen LogP contribution in [0.25, 0.3) is 10.9 Å². The standard InChI is InChI=1S/C61H87N5O12.C18H35NO6S2.C11H20O7.C7H16O4.CO2/c1-9-41(35-67)78-51(75-8)36-77-50(70)22-16-21-49(69)62-39(5)53(71)76-29-15-14-20-48(68)61(74)55-60(25-28-66-26-17-24-59(11-3,54(60)66)56(61)72)45-31-44(38(4)30-47(45)64(55)7)57(6)32-40-33-58(73,10-2)37-65(34-40)27-23-43-42-18-12-13-19-46(42)63-52(43)57;1-6-14(12-20)25-17(23-4)13-24-16(22)9-8-15(21)19-11-7-10-18(2,3)27-26-5;1-3-8(6-12)18-11(16-2)7-17-10(15)5-4-9(13)14;1-3-6(4-8)11-7(5-9)10-2;2-1-3/h12-13,17-19,24,30-31,39-41,51,54-56,63,67,72-74H,9-11,14-16,20-23,25-29,32-37H2,1-8H3,(H,62,69);14,17,20H,6-13H2,1-5H3,(H,19,21);8,11-12H,3-7H2,1-2H3,(H,13,14);6-9H,3-5H2,1-2H3;/t39?,40-,41?,51?,54?,55?,56+,57+,58?,59+,60?,61-;;;;/m0..../s1. The number of H-pyrrole nitrogens is 1. The van der Waals surface area contributed by atoms with Crippen molar-refractivity contribution in [3.05, 3.63) is 76.5 Å². The second-order valence-corrected chi connectivity index (χ2v) is 39.7. The maximum atomic E-state index is 15.2. The Balaban J connectivity index is 0.000000454. The van der Waals surface area contributed by atoms with Crippen LogP contribution in [0.4, 0.5) is 5.69 Å².